The van der Waals surface area contributed by atoms with E-state index in [1.54, 1.807) is 0 Å². The smallest absolute Gasteiger partial charge is 0.0467 e. The van der Waals surface area contributed by atoms with Gasteiger partial charge in [-0.15, -0.1) is 0 Å². The standard InChI is InChI=1S/C104H82N4/c1-73(2)75-33-27-51-93(67-75)107(91-47-19-9-20-48-91)97-55-31-37-79(71-97)83-61-81(77-35-29-53-95(69-77)105(87-39-11-5-12-40-87)88-41-13-6-14-42-88)63-85(65-83)103-99-57-23-25-59-101(99)104(102-60-26-24-58-100(102)103)86-64-82(78-36-30-54-96(70-78)106(89-43-15-7-16-44-89)90-45-17-8-18-46-90)62-84(66-86)80-38-32-56-98(72-80)108(92-49-21-10-22-50-92)94-52-28-34-76(68-94)74(3)4/h5-74H,1-4H3. The molecule has 0 spiro atoms. The monoisotopic (exact) mass is 1390 g/mol. The first-order chi connectivity index (χ1) is 53.2. The zero-order chi connectivity index (χ0) is 72.9. The molecule has 0 aliphatic heterocycles. The summed E-state index contributed by atoms with van der Waals surface area (Å²) < 4.78 is 0. The van der Waals surface area contributed by atoms with E-state index in [0.29, 0.717) is 11.8 Å². The molecule has 0 fully saturated rings. The highest BCUT2D eigenvalue weighted by Gasteiger charge is 2.24. The van der Waals surface area contributed by atoms with Gasteiger partial charge >= 0.3 is 0 Å². The minimum atomic E-state index is 0.365. The molecule has 0 aromatic heterocycles. The number of anilines is 12. The Morgan fingerprint density at radius 2 is 0.333 bits per heavy atom. The second-order valence-corrected chi connectivity index (χ2v) is 28.5. The van der Waals surface area contributed by atoms with Crippen molar-refractivity contribution in [3.63, 3.8) is 0 Å². The van der Waals surface area contributed by atoms with E-state index >= 15 is 0 Å². The van der Waals surface area contributed by atoms with E-state index in [4.69, 9.17) is 0 Å². The normalized spacial score (nSPS) is 11.3. The molecule has 0 unspecified atom stereocenters. The second kappa shape index (κ2) is 30.3. The van der Waals surface area contributed by atoms with Crippen molar-refractivity contribution in [3.8, 4) is 66.8 Å². The lowest BCUT2D eigenvalue weighted by Gasteiger charge is -2.27. The van der Waals surface area contributed by atoms with Crippen LogP contribution in [0.5, 0.6) is 0 Å². The summed E-state index contributed by atoms with van der Waals surface area (Å²) in [6.07, 6.45) is 0. The molecule has 17 rings (SSSR count). The molecule has 0 heterocycles. The Morgan fingerprint density at radius 3 is 0.565 bits per heavy atom. The van der Waals surface area contributed by atoms with Gasteiger partial charge in [0.25, 0.3) is 0 Å². The quantitative estimate of drug-likeness (QED) is 0.0705. The van der Waals surface area contributed by atoms with Crippen LogP contribution in [0.25, 0.3) is 88.3 Å². The Kier molecular flexibility index (Phi) is 19.0. The molecule has 0 atom stereocenters. The van der Waals surface area contributed by atoms with Gasteiger partial charge in [0.2, 0.25) is 0 Å². The minimum absolute atomic E-state index is 0.365. The fraction of sp³-hybridized carbons (Fsp3) is 0.0577. The van der Waals surface area contributed by atoms with E-state index in [0.717, 1.165) is 145 Å². The van der Waals surface area contributed by atoms with Crippen molar-refractivity contribution in [2.75, 3.05) is 19.6 Å². The number of nitrogens with zero attached hydrogens (tertiary/aromatic N) is 4. The lowest BCUT2D eigenvalue weighted by Crippen LogP contribution is -2.10. The molecule has 108 heavy (non-hydrogen) atoms. The molecule has 17 aromatic carbocycles. The van der Waals surface area contributed by atoms with Crippen LogP contribution < -0.4 is 19.6 Å². The zero-order valence-electron chi connectivity index (χ0n) is 61.2. The average Bonchev–Trinajstić information content (AvgIpc) is 0.728. The van der Waals surface area contributed by atoms with Gasteiger partial charge in [-0.2, -0.15) is 0 Å². The molecule has 0 saturated carbocycles. The molecule has 0 amide bonds. The molecule has 0 N–H and O–H groups in total. The van der Waals surface area contributed by atoms with Gasteiger partial charge in [0.15, 0.2) is 0 Å². The van der Waals surface area contributed by atoms with E-state index < -0.39 is 0 Å². The predicted molar refractivity (Wildman–Crippen MR) is 461 cm³/mol. The van der Waals surface area contributed by atoms with Gasteiger partial charge in [0.1, 0.15) is 0 Å². The van der Waals surface area contributed by atoms with E-state index in [2.05, 4.69) is 460 Å². The third-order valence-corrected chi connectivity index (χ3v) is 20.8. The van der Waals surface area contributed by atoms with E-state index in [1.165, 1.54) is 22.3 Å². The molecule has 4 heteroatoms. The van der Waals surface area contributed by atoms with Crippen molar-refractivity contribution in [2.45, 2.75) is 39.5 Å². The summed E-state index contributed by atoms with van der Waals surface area (Å²) >= 11 is 0. The lowest BCUT2D eigenvalue weighted by atomic mass is 9.83. The van der Waals surface area contributed by atoms with E-state index in [9.17, 15) is 0 Å². The van der Waals surface area contributed by atoms with Gasteiger partial charge < -0.3 is 19.6 Å². The molecule has 0 aliphatic carbocycles. The maximum absolute atomic E-state index is 2.44. The first-order valence-electron chi connectivity index (χ1n) is 37.6. The Hall–Kier alpha value is -13.5. The highest BCUT2D eigenvalue weighted by Crippen LogP contribution is 2.50. The largest absolute Gasteiger partial charge is 0.310 e. The lowest BCUT2D eigenvalue weighted by molar-refractivity contribution is 0.866. The summed E-state index contributed by atoms with van der Waals surface area (Å²) in [5.74, 6) is 0.731. The van der Waals surface area contributed by atoms with Gasteiger partial charge in [-0.3, -0.25) is 0 Å². The molecule has 0 aliphatic rings. The van der Waals surface area contributed by atoms with Crippen LogP contribution >= 0.6 is 0 Å². The second-order valence-electron chi connectivity index (χ2n) is 28.5. The Bertz CT molecular complexity index is 5510. The van der Waals surface area contributed by atoms with Gasteiger partial charge in [0, 0.05) is 68.2 Å². The number of rotatable bonds is 20. The van der Waals surface area contributed by atoms with Crippen LogP contribution in [0.2, 0.25) is 0 Å². The molecule has 0 saturated heterocycles. The van der Waals surface area contributed by atoms with Crippen LogP contribution in [0.1, 0.15) is 50.7 Å². The van der Waals surface area contributed by atoms with E-state index in [-0.39, 0.29) is 0 Å². The van der Waals surface area contributed by atoms with Gasteiger partial charge in [-0.25, -0.2) is 0 Å². The van der Waals surface area contributed by atoms with Gasteiger partial charge in [-0.05, 0) is 293 Å². The first-order valence-corrected chi connectivity index (χ1v) is 37.6. The summed E-state index contributed by atoms with van der Waals surface area (Å²) in [7, 11) is 0. The summed E-state index contributed by atoms with van der Waals surface area (Å²) in [5, 5.41) is 4.65. The first kappa shape index (κ1) is 67.6. The molecule has 518 valence electrons. The van der Waals surface area contributed by atoms with Crippen molar-refractivity contribution < 1.29 is 0 Å². The molecule has 0 bridgehead atoms. The Labute approximate surface area is 635 Å². The molecular formula is C104H82N4. The average molecular weight is 1390 g/mol. The van der Waals surface area contributed by atoms with Crippen molar-refractivity contribution in [2.24, 2.45) is 0 Å². The van der Waals surface area contributed by atoms with Crippen LogP contribution in [0, 0.1) is 0 Å². The SMILES string of the molecule is CC(C)c1cccc(N(c2ccccc2)c2cccc(-c3cc(-c4cccc(N(c5ccccc5)c5ccccc5)c4)cc(-c4c5ccccc5c(-c5cc(-c6cccc(N(c7ccccc7)c7ccccc7)c6)cc(-c6cccc(N(c7ccccc7)c7cccc(C(C)C)c7)c6)c5)c5ccccc45)c3)c2)c1. The van der Waals surface area contributed by atoms with Crippen LogP contribution in [-0.4, -0.2) is 0 Å². The fourth-order valence-electron chi connectivity index (χ4n) is 15.6. The third-order valence-electron chi connectivity index (χ3n) is 20.8. The van der Waals surface area contributed by atoms with Crippen molar-refractivity contribution in [3.05, 3.63) is 424 Å². The summed E-state index contributed by atoms with van der Waals surface area (Å²) in [6.45, 7) is 9.07. The number of hydrogen-bond donors (Lipinski definition) is 0. The maximum Gasteiger partial charge on any atom is 0.0467 e. The number of hydrogen-bond acceptors (Lipinski definition) is 4. The van der Waals surface area contributed by atoms with Crippen molar-refractivity contribution in [1.29, 1.82) is 0 Å². The summed E-state index contributed by atoms with van der Waals surface area (Å²) in [4.78, 5) is 9.51. The van der Waals surface area contributed by atoms with Crippen LogP contribution in [0.15, 0.2) is 413 Å². The van der Waals surface area contributed by atoms with Crippen LogP contribution in [0.3, 0.4) is 0 Å². The maximum atomic E-state index is 2.44. The highest BCUT2D eigenvalue weighted by molar-refractivity contribution is 6.22. The number of benzene rings is 17. The van der Waals surface area contributed by atoms with Gasteiger partial charge in [-0.1, -0.05) is 258 Å². The van der Waals surface area contributed by atoms with Gasteiger partial charge in [0.05, 0.1) is 0 Å². The zero-order valence-corrected chi connectivity index (χ0v) is 61.2. The number of para-hydroxylation sites is 6. The molecule has 4 nitrogen and oxygen atoms in total. The van der Waals surface area contributed by atoms with Crippen LogP contribution in [-0.2, 0) is 0 Å². The number of fused-ring (bicyclic) bond motifs is 2. The Morgan fingerprint density at radius 1 is 0.148 bits per heavy atom. The predicted octanol–water partition coefficient (Wildman–Crippen LogP) is 30.1. The summed E-state index contributed by atoms with van der Waals surface area (Å²) in [6, 6.07) is 152. The van der Waals surface area contributed by atoms with Crippen LogP contribution in [0.4, 0.5) is 68.2 Å². The Balaban J connectivity index is 0.884. The van der Waals surface area contributed by atoms with E-state index in [1.807, 2.05) is 0 Å². The topological polar surface area (TPSA) is 13.0 Å². The van der Waals surface area contributed by atoms with Crippen molar-refractivity contribution in [1.82, 2.24) is 0 Å². The molecular weight excluding hydrogens is 1310 g/mol. The fourth-order valence-corrected chi connectivity index (χ4v) is 15.6. The molecule has 0 radical (unpaired) electrons. The minimum Gasteiger partial charge on any atom is -0.310 e. The third kappa shape index (κ3) is 13.8. The van der Waals surface area contributed by atoms with Crippen molar-refractivity contribution >= 4 is 89.8 Å². The highest BCUT2D eigenvalue weighted by atomic mass is 15.2. The molecule has 17 aromatic rings. The summed E-state index contributed by atoms with van der Waals surface area (Å²) in [5.41, 5.74) is 29.1.